The Hall–Kier alpha value is -4.38. The van der Waals surface area contributed by atoms with Gasteiger partial charge in [-0.15, -0.1) is 11.3 Å². The number of piperidine rings is 2. The lowest BCUT2D eigenvalue weighted by Gasteiger charge is -2.51. The number of ether oxygens (including phenoxy) is 2. The number of rotatable bonds is 14. The summed E-state index contributed by atoms with van der Waals surface area (Å²) in [5.74, 6) is -2.77. The molecule has 10 nitrogen and oxygen atoms in total. The van der Waals surface area contributed by atoms with Crippen molar-refractivity contribution in [1.82, 2.24) is 14.8 Å². The molecule has 2 atom stereocenters. The van der Waals surface area contributed by atoms with E-state index in [0.717, 1.165) is 34.7 Å². The number of carbonyl (C=O) groups is 3. The van der Waals surface area contributed by atoms with Crippen molar-refractivity contribution in [3.05, 3.63) is 82.0 Å². The summed E-state index contributed by atoms with van der Waals surface area (Å²) in [4.78, 5) is 45.7. The summed E-state index contributed by atoms with van der Waals surface area (Å²) in [6.07, 6.45) is -2.24. The highest BCUT2D eigenvalue weighted by molar-refractivity contribution is 7.10. The number of aromatic nitrogens is 1. The van der Waals surface area contributed by atoms with E-state index in [2.05, 4.69) is 11.6 Å². The Bertz CT molecular complexity index is 1850. The first kappa shape index (κ1) is 42.8. The zero-order valence-corrected chi connectivity index (χ0v) is 31.9. The average molecular weight is 814 g/mol. The number of carbonyl (C=O) groups excluding carboxylic acids is 2. The summed E-state index contributed by atoms with van der Waals surface area (Å²) < 4.78 is 95.7. The molecule has 2 aliphatic heterocycles. The van der Waals surface area contributed by atoms with Gasteiger partial charge in [0.15, 0.2) is 0 Å². The fourth-order valence-corrected chi connectivity index (χ4v) is 8.35. The number of allylic oxidation sites excluding steroid dienone is 2. The molecular weight excluding hydrogens is 768 g/mol. The van der Waals surface area contributed by atoms with Gasteiger partial charge in [0, 0.05) is 54.7 Å². The number of nitrogens with zero attached hydrogens (tertiary/aromatic N) is 3. The lowest BCUT2D eigenvalue weighted by molar-refractivity contribution is -0.162. The maximum atomic E-state index is 15.0. The Kier molecular flexibility index (Phi) is 12.7. The van der Waals surface area contributed by atoms with E-state index in [0.29, 0.717) is 36.2 Å². The molecular formula is C39H45F6N3O7S. The van der Waals surface area contributed by atoms with Gasteiger partial charge in [0.2, 0.25) is 5.60 Å². The largest absolute Gasteiger partial charge is 0.493 e. The molecule has 4 heterocycles. The number of halogens is 6. The molecule has 2 amide bonds. The average Bonchev–Trinajstić information content (AvgIpc) is 3.72. The Morgan fingerprint density at radius 1 is 1.07 bits per heavy atom. The van der Waals surface area contributed by atoms with Crippen LogP contribution in [0, 0.1) is 5.41 Å². The fourth-order valence-electron chi connectivity index (χ4n) is 7.67. The maximum Gasteiger partial charge on any atom is 0.425 e. The summed E-state index contributed by atoms with van der Waals surface area (Å²) >= 11 is 0.355. The highest BCUT2D eigenvalue weighted by atomic mass is 32.1. The second kappa shape index (κ2) is 16.6. The first-order valence-electron chi connectivity index (χ1n) is 18.4. The van der Waals surface area contributed by atoms with Crippen molar-refractivity contribution in [3.8, 4) is 5.75 Å². The lowest BCUT2D eigenvalue weighted by atomic mass is 9.78. The summed E-state index contributed by atoms with van der Waals surface area (Å²) in [5.41, 5.74) is -5.87. The van der Waals surface area contributed by atoms with Crippen LogP contribution in [0.1, 0.15) is 92.6 Å². The number of aliphatic carboxylic acids is 1. The van der Waals surface area contributed by atoms with Crippen molar-refractivity contribution < 1.29 is 60.4 Å². The molecule has 5 rings (SSSR count). The number of carboxylic acid groups (broad SMARTS) is 1. The monoisotopic (exact) mass is 813 g/mol. The van der Waals surface area contributed by atoms with Gasteiger partial charge in [-0.3, -0.25) is 19.4 Å². The second-order valence-electron chi connectivity index (χ2n) is 14.6. The minimum atomic E-state index is -4.93. The minimum absolute atomic E-state index is 0.0316. The molecule has 2 aromatic rings. The highest BCUT2D eigenvalue weighted by Crippen LogP contribution is 2.50. The van der Waals surface area contributed by atoms with Gasteiger partial charge in [0.25, 0.3) is 11.8 Å². The van der Waals surface area contributed by atoms with E-state index in [1.54, 1.807) is 26.0 Å². The zero-order valence-electron chi connectivity index (χ0n) is 31.0. The first-order valence-corrected chi connectivity index (χ1v) is 19.3. The number of alkyl halides is 6. The molecule has 306 valence electrons. The van der Waals surface area contributed by atoms with Crippen LogP contribution in [-0.2, 0) is 26.7 Å². The SMILES string of the molecule is C=CC(OCC1(CC(=O)O)CC1)=C(C=CC)C1(O)CCN(C(=O)C2(Oc3csc(C(F)(F)F)c3)CCCN(C(=O)c3ncccc3C(F)(F)F)C2CCC)CC1. The van der Waals surface area contributed by atoms with Gasteiger partial charge in [0.1, 0.15) is 22.1 Å². The van der Waals surface area contributed by atoms with Gasteiger partial charge < -0.3 is 29.5 Å². The third-order valence-electron chi connectivity index (χ3n) is 10.7. The third kappa shape index (κ3) is 9.09. The van der Waals surface area contributed by atoms with E-state index >= 15 is 0 Å². The highest BCUT2D eigenvalue weighted by Gasteiger charge is 2.57. The minimum Gasteiger partial charge on any atom is -0.493 e. The van der Waals surface area contributed by atoms with Crippen LogP contribution >= 0.6 is 11.3 Å². The van der Waals surface area contributed by atoms with Gasteiger partial charge in [-0.2, -0.15) is 26.3 Å². The lowest BCUT2D eigenvalue weighted by Crippen LogP contribution is -2.69. The molecule has 2 unspecified atom stereocenters. The molecule has 0 radical (unpaired) electrons. The van der Waals surface area contributed by atoms with Crippen molar-refractivity contribution in [3.63, 3.8) is 0 Å². The molecule has 2 saturated heterocycles. The molecule has 3 fully saturated rings. The molecule has 1 aliphatic carbocycles. The van der Waals surface area contributed by atoms with Crippen LogP contribution in [0.2, 0.25) is 0 Å². The van der Waals surface area contributed by atoms with Crippen molar-refractivity contribution >= 4 is 29.1 Å². The molecule has 0 spiro atoms. The normalized spacial score (nSPS) is 22.7. The summed E-state index contributed by atoms with van der Waals surface area (Å²) in [6.45, 7) is 7.19. The van der Waals surface area contributed by atoms with E-state index in [1.807, 2.05) is 0 Å². The van der Waals surface area contributed by atoms with E-state index in [-0.39, 0.29) is 76.3 Å². The predicted molar refractivity (Wildman–Crippen MR) is 194 cm³/mol. The third-order valence-corrected chi connectivity index (χ3v) is 11.7. The molecule has 17 heteroatoms. The standard InChI is InChI=1S/C39H45F6N3O7S/c1-4-9-26(28(6-3)54-24-35(13-14-35)22-31(49)50)36(53)15-19-47(20-16-36)34(52)37(55-25-21-30(56-23-25)39(43,44)45)12-8-18-48(29(37)10-5-2)33(51)32-27(38(40,41)42)11-7-17-46-32/h4,6-7,9,11,17,21,23,29,53H,3,5,8,10,12-16,18-20,22,24H2,1-2H3,(H,49,50). The Balaban J connectivity index is 1.49. The Morgan fingerprint density at radius 3 is 2.32 bits per heavy atom. The predicted octanol–water partition coefficient (Wildman–Crippen LogP) is 8.04. The van der Waals surface area contributed by atoms with Gasteiger partial charge in [-0.05, 0) is 63.7 Å². The number of thiophene rings is 1. The summed E-state index contributed by atoms with van der Waals surface area (Å²) in [5, 5.41) is 22.5. The first-order chi connectivity index (χ1) is 26.3. The fraction of sp³-hybridized carbons (Fsp3) is 0.538. The number of pyridine rings is 1. The second-order valence-corrected chi connectivity index (χ2v) is 15.5. The molecule has 56 heavy (non-hydrogen) atoms. The topological polar surface area (TPSA) is 130 Å². The smallest absolute Gasteiger partial charge is 0.425 e. The van der Waals surface area contributed by atoms with Crippen LogP contribution in [0.4, 0.5) is 26.3 Å². The van der Waals surface area contributed by atoms with E-state index < -0.39 is 68.9 Å². The molecule has 2 N–H and O–H groups in total. The van der Waals surface area contributed by atoms with Gasteiger partial charge in [-0.25, -0.2) is 0 Å². The van der Waals surface area contributed by atoms with Crippen LogP contribution in [0.15, 0.2) is 65.9 Å². The van der Waals surface area contributed by atoms with E-state index in [1.165, 1.54) is 11.0 Å². The Morgan fingerprint density at radius 2 is 1.77 bits per heavy atom. The van der Waals surface area contributed by atoms with Gasteiger partial charge in [-0.1, -0.05) is 32.1 Å². The van der Waals surface area contributed by atoms with Gasteiger partial charge >= 0.3 is 18.3 Å². The molecule has 0 bridgehead atoms. The number of hydrogen-bond acceptors (Lipinski definition) is 8. The van der Waals surface area contributed by atoms with Crippen LogP contribution in [0.25, 0.3) is 0 Å². The quantitative estimate of drug-likeness (QED) is 0.111. The number of carboxylic acids is 1. The van der Waals surface area contributed by atoms with Crippen molar-refractivity contribution in [2.24, 2.45) is 5.41 Å². The maximum absolute atomic E-state index is 15.0. The van der Waals surface area contributed by atoms with Crippen molar-refractivity contribution in [1.29, 1.82) is 0 Å². The number of aliphatic hydroxyl groups is 1. The Labute approximate surface area is 324 Å². The van der Waals surface area contributed by atoms with E-state index in [4.69, 9.17) is 9.47 Å². The van der Waals surface area contributed by atoms with Crippen molar-refractivity contribution in [2.45, 2.75) is 101 Å². The molecule has 1 saturated carbocycles. The van der Waals surface area contributed by atoms with Gasteiger partial charge in [0.05, 0.1) is 30.2 Å². The summed E-state index contributed by atoms with van der Waals surface area (Å²) in [6, 6.07) is 1.32. The van der Waals surface area contributed by atoms with E-state index in [9.17, 15) is 50.9 Å². The summed E-state index contributed by atoms with van der Waals surface area (Å²) in [7, 11) is 0. The number of likely N-dealkylation sites (tertiary alicyclic amines) is 2. The van der Waals surface area contributed by atoms with Crippen LogP contribution in [0.5, 0.6) is 5.75 Å². The number of amides is 2. The molecule has 0 aromatic carbocycles. The molecule has 3 aliphatic rings. The van der Waals surface area contributed by atoms with Crippen LogP contribution in [-0.4, -0.2) is 86.3 Å². The zero-order chi connectivity index (χ0) is 41.1. The van der Waals surface area contributed by atoms with Crippen LogP contribution in [0.3, 0.4) is 0 Å². The van der Waals surface area contributed by atoms with Crippen molar-refractivity contribution in [2.75, 3.05) is 26.2 Å². The molecule has 2 aromatic heterocycles. The number of hydrogen-bond donors (Lipinski definition) is 2. The van der Waals surface area contributed by atoms with Crippen LogP contribution < -0.4 is 4.74 Å².